The van der Waals surface area contributed by atoms with E-state index in [0.29, 0.717) is 10.4 Å². The summed E-state index contributed by atoms with van der Waals surface area (Å²) in [6, 6.07) is 4.36. The molecular weight excluding hydrogens is 146 g/mol. The van der Waals surface area contributed by atoms with Crippen molar-refractivity contribution in [3.63, 3.8) is 0 Å². The van der Waals surface area contributed by atoms with Crippen molar-refractivity contribution in [2.45, 2.75) is 6.92 Å². The van der Waals surface area contributed by atoms with Crippen LogP contribution in [0.3, 0.4) is 0 Å². The lowest BCUT2D eigenvalue weighted by atomic mass is 10.3. The second-order valence-electron chi connectivity index (χ2n) is 2.15. The summed E-state index contributed by atoms with van der Waals surface area (Å²) in [5.41, 5.74) is 0.134. The van der Waals surface area contributed by atoms with Crippen molar-refractivity contribution in [2.75, 3.05) is 0 Å². The number of carboxylic acid groups (broad SMARTS) is 1. The number of aryl methyl sites for hydroxylation is 1. The Labute approximate surface area is 63.3 Å². The predicted octanol–water partition coefficient (Wildman–Crippen LogP) is 0.327. The van der Waals surface area contributed by atoms with E-state index in [1.54, 1.807) is 13.0 Å². The minimum atomic E-state index is -1.20. The molecule has 1 rings (SSSR count). The van der Waals surface area contributed by atoms with Crippen molar-refractivity contribution >= 4 is 5.97 Å². The van der Waals surface area contributed by atoms with Crippen LogP contribution in [0.15, 0.2) is 18.2 Å². The molecule has 0 saturated carbocycles. The van der Waals surface area contributed by atoms with Gasteiger partial charge in [-0.2, -0.15) is 4.73 Å². The number of hydrogen-bond acceptors (Lipinski definition) is 2. The molecule has 0 fully saturated rings. The van der Waals surface area contributed by atoms with Crippen molar-refractivity contribution in [1.29, 1.82) is 0 Å². The number of nitrogens with zero attached hydrogens (tertiary/aromatic N) is 1. The summed E-state index contributed by atoms with van der Waals surface area (Å²) >= 11 is 0. The third kappa shape index (κ3) is 1.29. The van der Waals surface area contributed by atoms with Crippen molar-refractivity contribution in [3.05, 3.63) is 34.8 Å². The van der Waals surface area contributed by atoms with Crippen LogP contribution in [-0.4, -0.2) is 11.1 Å². The first kappa shape index (κ1) is 7.53. The number of carbonyl (C=O) groups is 1. The fourth-order valence-electron chi connectivity index (χ4n) is 0.762. The molecule has 0 radical (unpaired) electrons. The summed E-state index contributed by atoms with van der Waals surface area (Å²) < 4.78 is 0.391. The molecular formula is C7H7NO3. The predicted molar refractivity (Wildman–Crippen MR) is 37.1 cm³/mol. The number of aromatic carboxylic acids is 1. The Balaban J connectivity index is 3.27. The maximum atomic E-state index is 10.9. The molecule has 1 N–H and O–H groups in total. The van der Waals surface area contributed by atoms with Crippen LogP contribution in [-0.2, 0) is 0 Å². The van der Waals surface area contributed by atoms with Gasteiger partial charge in [-0.05, 0) is 6.07 Å². The third-order valence-corrected chi connectivity index (χ3v) is 1.35. The summed E-state index contributed by atoms with van der Waals surface area (Å²) in [4.78, 5) is 10.4. The monoisotopic (exact) mass is 153 g/mol. The van der Waals surface area contributed by atoms with E-state index in [-0.39, 0.29) is 5.69 Å². The van der Waals surface area contributed by atoms with Gasteiger partial charge in [0.05, 0.1) is 0 Å². The first-order chi connectivity index (χ1) is 5.13. The zero-order valence-corrected chi connectivity index (χ0v) is 5.94. The molecule has 1 heterocycles. The van der Waals surface area contributed by atoms with E-state index in [9.17, 15) is 10.0 Å². The molecule has 0 spiro atoms. The van der Waals surface area contributed by atoms with E-state index in [4.69, 9.17) is 5.11 Å². The summed E-state index contributed by atoms with van der Waals surface area (Å²) in [7, 11) is 0. The highest BCUT2D eigenvalue weighted by Crippen LogP contribution is 1.94. The zero-order chi connectivity index (χ0) is 8.43. The summed E-state index contributed by atoms with van der Waals surface area (Å²) in [6.45, 7) is 1.56. The van der Waals surface area contributed by atoms with Gasteiger partial charge in [-0.25, -0.2) is 4.79 Å². The SMILES string of the molecule is Cc1cccc(C(=O)O)[n+]1[O-]. The highest BCUT2D eigenvalue weighted by molar-refractivity contribution is 5.83. The highest BCUT2D eigenvalue weighted by Gasteiger charge is 2.14. The lowest BCUT2D eigenvalue weighted by Gasteiger charge is -2.01. The standard InChI is InChI=1S/C7H7NO3/c1-5-3-2-4-6(7(9)10)8(5)11/h2-4H,1H3,(H,9,10). The van der Waals surface area contributed by atoms with Gasteiger partial charge in [0, 0.05) is 19.1 Å². The molecule has 0 bridgehead atoms. The molecule has 0 aliphatic heterocycles. The van der Waals surface area contributed by atoms with Crippen LogP contribution in [0.4, 0.5) is 0 Å². The fourth-order valence-corrected chi connectivity index (χ4v) is 0.762. The van der Waals surface area contributed by atoms with E-state index in [1.165, 1.54) is 12.1 Å². The molecule has 4 nitrogen and oxygen atoms in total. The van der Waals surface area contributed by atoms with Gasteiger partial charge in [0.25, 0.3) is 0 Å². The smallest absolute Gasteiger partial charge is 0.402 e. The number of pyridine rings is 1. The van der Waals surface area contributed by atoms with Crippen molar-refractivity contribution in [2.24, 2.45) is 0 Å². The lowest BCUT2D eigenvalue weighted by Crippen LogP contribution is -2.37. The summed E-state index contributed by atoms with van der Waals surface area (Å²) in [5, 5.41) is 19.4. The first-order valence-electron chi connectivity index (χ1n) is 3.05. The van der Waals surface area contributed by atoms with Gasteiger partial charge < -0.3 is 10.3 Å². The molecule has 11 heavy (non-hydrogen) atoms. The topological polar surface area (TPSA) is 64.2 Å². The second-order valence-corrected chi connectivity index (χ2v) is 2.15. The van der Waals surface area contributed by atoms with Gasteiger partial charge >= 0.3 is 11.7 Å². The van der Waals surface area contributed by atoms with Gasteiger partial charge in [-0.15, -0.1) is 0 Å². The van der Waals surface area contributed by atoms with Crippen LogP contribution in [0.5, 0.6) is 0 Å². The van der Waals surface area contributed by atoms with Crippen LogP contribution in [0, 0.1) is 12.1 Å². The molecule has 0 aromatic carbocycles. The molecule has 58 valence electrons. The maximum absolute atomic E-state index is 10.9. The van der Waals surface area contributed by atoms with Crippen molar-refractivity contribution in [3.8, 4) is 0 Å². The van der Waals surface area contributed by atoms with E-state index in [0.717, 1.165) is 0 Å². The number of hydrogen-bond donors (Lipinski definition) is 1. The van der Waals surface area contributed by atoms with Crippen LogP contribution in [0.25, 0.3) is 0 Å². The maximum Gasteiger partial charge on any atom is 0.402 e. The van der Waals surface area contributed by atoms with Gasteiger partial charge in [-0.3, -0.25) is 0 Å². The van der Waals surface area contributed by atoms with Crippen LogP contribution < -0.4 is 4.73 Å². The van der Waals surface area contributed by atoms with Crippen LogP contribution in [0.1, 0.15) is 16.2 Å². The van der Waals surface area contributed by atoms with E-state index in [2.05, 4.69) is 0 Å². The third-order valence-electron chi connectivity index (χ3n) is 1.35. The van der Waals surface area contributed by atoms with Crippen LogP contribution in [0.2, 0.25) is 0 Å². The first-order valence-corrected chi connectivity index (χ1v) is 3.05. The molecule has 0 aliphatic rings. The van der Waals surface area contributed by atoms with E-state index >= 15 is 0 Å². The minimum absolute atomic E-state index is 0.245. The largest absolute Gasteiger partial charge is 0.618 e. The van der Waals surface area contributed by atoms with E-state index < -0.39 is 5.97 Å². The number of rotatable bonds is 1. The molecule has 0 saturated heterocycles. The zero-order valence-electron chi connectivity index (χ0n) is 5.94. The second kappa shape index (κ2) is 2.57. The normalized spacial score (nSPS) is 9.55. The molecule has 0 aliphatic carbocycles. The Bertz CT molecular complexity index is 296. The Morgan fingerprint density at radius 2 is 2.27 bits per heavy atom. The van der Waals surface area contributed by atoms with E-state index in [1.807, 2.05) is 0 Å². The van der Waals surface area contributed by atoms with Gasteiger partial charge in [0.15, 0.2) is 5.69 Å². The molecule has 4 heteroatoms. The van der Waals surface area contributed by atoms with Crippen molar-refractivity contribution in [1.82, 2.24) is 0 Å². The molecule has 0 atom stereocenters. The quantitative estimate of drug-likeness (QED) is 0.467. The molecule has 1 aromatic heterocycles. The minimum Gasteiger partial charge on any atom is -0.618 e. The average Bonchev–Trinajstić information content (AvgIpc) is 1.94. The molecule has 1 aromatic rings. The highest BCUT2D eigenvalue weighted by atomic mass is 16.5. The Morgan fingerprint density at radius 3 is 2.73 bits per heavy atom. The summed E-state index contributed by atoms with van der Waals surface area (Å²) in [6.07, 6.45) is 0. The molecule has 0 amide bonds. The Morgan fingerprint density at radius 1 is 1.64 bits per heavy atom. The lowest BCUT2D eigenvalue weighted by molar-refractivity contribution is -0.615. The number of carboxylic acids is 1. The molecule has 0 unspecified atom stereocenters. The van der Waals surface area contributed by atoms with Gasteiger partial charge in [0.1, 0.15) is 0 Å². The average molecular weight is 153 g/mol. The Kier molecular flexibility index (Phi) is 1.76. The van der Waals surface area contributed by atoms with Crippen LogP contribution >= 0.6 is 0 Å². The Hall–Kier alpha value is -1.58. The summed E-state index contributed by atoms with van der Waals surface area (Å²) in [5.74, 6) is -1.20. The fraction of sp³-hybridized carbons (Fsp3) is 0.143. The van der Waals surface area contributed by atoms with Gasteiger partial charge in [-0.1, -0.05) is 0 Å². The van der Waals surface area contributed by atoms with Crippen molar-refractivity contribution < 1.29 is 14.6 Å². The van der Waals surface area contributed by atoms with Gasteiger partial charge in [0.2, 0.25) is 0 Å². The number of aromatic nitrogens is 1.